The molecule has 0 fully saturated rings. The minimum atomic E-state index is -0.171. The lowest BCUT2D eigenvalue weighted by Crippen LogP contribution is -2.29. The first-order valence-corrected chi connectivity index (χ1v) is 14.0. The van der Waals surface area contributed by atoms with Crippen molar-refractivity contribution in [1.82, 2.24) is 10.2 Å². The molecule has 1 N–H and O–H groups in total. The number of amides is 1. The summed E-state index contributed by atoms with van der Waals surface area (Å²) in [7, 11) is 0. The van der Waals surface area contributed by atoms with Crippen LogP contribution in [0.15, 0.2) is 101 Å². The Morgan fingerprint density at radius 1 is 0.795 bits per heavy atom. The van der Waals surface area contributed by atoms with Gasteiger partial charge in [-0.2, -0.15) is 0 Å². The summed E-state index contributed by atoms with van der Waals surface area (Å²) >= 11 is 0. The summed E-state index contributed by atoms with van der Waals surface area (Å²) in [5.41, 5.74) is 5.25. The third-order valence-corrected chi connectivity index (χ3v) is 7.30. The van der Waals surface area contributed by atoms with E-state index in [-0.39, 0.29) is 17.2 Å². The maximum Gasteiger partial charge on any atom is 0.286 e. The van der Waals surface area contributed by atoms with Gasteiger partial charge in [-0.25, -0.2) is 0 Å². The largest absolute Gasteiger partial charge is 0.455 e. The average Bonchev–Trinajstić information content (AvgIpc) is 3.40. The van der Waals surface area contributed by atoms with Gasteiger partial charge >= 0.3 is 0 Å². The van der Waals surface area contributed by atoms with Crippen LogP contribution in [0.1, 0.15) is 85.5 Å². The number of carbonyl (C=O) groups excluding carboxylic acids is 1. The van der Waals surface area contributed by atoms with Crippen molar-refractivity contribution in [1.29, 1.82) is 0 Å². The molecule has 0 saturated carbocycles. The van der Waals surface area contributed by atoms with Gasteiger partial charge in [0.2, 0.25) is 0 Å². The van der Waals surface area contributed by atoms with E-state index in [0.29, 0.717) is 24.9 Å². The zero-order valence-electron chi connectivity index (χ0n) is 24.0. The maximum absolute atomic E-state index is 12.9. The Balaban J connectivity index is 1.34. The van der Waals surface area contributed by atoms with Gasteiger partial charge in [0.05, 0.1) is 6.54 Å². The molecule has 0 bridgehead atoms. The van der Waals surface area contributed by atoms with Crippen LogP contribution in [0.4, 0.5) is 0 Å². The van der Waals surface area contributed by atoms with Crippen molar-refractivity contribution in [3.63, 3.8) is 0 Å². The number of benzene rings is 3. The van der Waals surface area contributed by atoms with Gasteiger partial charge in [0.25, 0.3) is 5.91 Å². The fourth-order valence-electron chi connectivity index (χ4n) is 4.86. The van der Waals surface area contributed by atoms with E-state index in [1.165, 1.54) is 22.3 Å². The molecule has 204 valence electrons. The first-order valence-electron chi connectivity index (χ1n) is 14.0. The highest BCUT2D eigenvalue weighted by atomic mass is 16.4. The van der Waals surface area contributed by atoms with E-state index < -0.39 is 0 Å². The van der Waals surface area contributed by atoms with Gasteiger partial charge in [0.1, 0.15) is 5.76 Å². The number of nitrogens with one attached hydrogen (secondary N) is 1. The maximum atomic E-state index is 12.9. The molecule has 4 heteroatoms. The molecule has 4 aromatic rings. The highest BCUT2D eigenvalue weighted by molar-refractivity contribution is 5.91. The topological polar surface area (TPSA) is 45.5 Å². The van der Waals surface area contributed by atoms with Gasteiger partial charge in [-0.3, -0.25) is 9.69 Å². The first-order chi connectivity index (χ1) is 18.7. The standard InChI is InChI=1S/C35H42N2O2/c1-26(2)37(24-27-16-18-30(19-17-27)35(3,4)5)25-31-20-21-33(39-31)34(38)36-23-22-32(28-12-8-6-9-13-28)29-14-10-7-11-15-29/h6-21,26,32H,22-25H2,1-5H3,(H,36,38). The lowest BCUT2D eigenvalue weighted by Gasteiger charge is -2.26. The van der Waals surface area contributed by atoms with Crippen molar-refractivity contribution in [2.45, 2.75) is 71.5 Å². The Morgan fingerprint density at radius 3 is 1.92 bits per heavy atom. The van der Waals surface area contributed by atoms with Crippen LogP contribution in [0.5, 0.6) is 0 Å². The van der Waals surface area contributed by atoms with E-state index in [1.807, 2.05) is 18.2 Å². The van der Waals surface area contributed by atoms with Crippen LogP contribution >= 0.6 is 0 Å². The Bertz CT molecular complexity index is 1260. The summed E-state index contributed by atoms with van der Waals surface area (Å²) < 4.78 is 6.00. The summed E-state index contributed by atoms with van der Waals surface area (Å²) in [4.78, 5) is 15.3. The van der Waals surface area contributed by atoms with E-state index in [9.17, 15) is 4.79 Å². The van der Waals surface area contributed by atoms with E-state index in [0.717, 1.165) is 18.7 Å². The van der Waals surface area contributed by atoms with Crippen LogP contribution in [-0.2, 0) is 18.5 Å². The van der Waals surface area contributed by atoms with Crippen molar-refractivity contribution in [2.24, 2.45) is 0 Å². The summed E-state index contributed by atoms with van der Waals surface area (Å²) in [6.45, 7) is 13.1. The van der Waals surface area contributed by atoms with Crippen LogP contribution in [0.2, 0.25) is 0 Å². The Hall–Kier alpha value is -3.63. The van der Waals surface area contributed by atoms with Gasteiger partial charge in [-0.1, -0.05) is 106 Å². The lowest BCUT2D eigenvalue weighted by molar-refractivity contribution is 0.0919. The molecule has 0 atom stereocenters. The van der Waals surface area contributed by atoms with Crippen molar-refractivity contribution in [3.8, 4) is 0 Å². The molecule has 1 amide bonds. The first kappa shape index (κ1) is 28.4. The Morgan fingerprint density at radius 2 is 1.38 bits per heavy atom. The molecule has 3 aromatic carbocycles. The van der Waals surface area contributed by atoms with Crippen molar-refractivity contribution < 1.29 is 9.21 Å². The van der Waals surface area contributed by atoms with Crippen LogP contribution in [-0.4, -0.2) is 23.4 Å². The number of furan rings is 1. The summed E-state index contributed by atoms with van der Waals surface area (Å²) in [6, 6.07) is 33.9. The molecule has 0 saturated heterocycles. The summed E-state index contributed by atoms with van der Waals surface area (Å²) in [5.74, 6) is 1.21. The summed E-state index contributed by atoms with van der Waals surface area (Å²) in [5, 5.41) is 3.07. The summed E-state index contributed by atoms with van der Waals surface area (Å²) in [6.07, 6.45) is 0.808. The number of carbonyl (C=O) groups is 1. The van der Waals surface area contributed by atoms with E-state index >= 15 is 0 Å². The molecule has 39 heavy (non-hydrogen) atoms. The minimum absolute atomic E-state index is 0.144. The molecule has 1 aromatic heterocycles. The van der Waals surface area contributed by atoms with Crippen LogP contribution < -0.4 is 5.32 Å². The van der Waals surface area contributed by atoms with Gasteiger partial charge in [-0.05, 0) is 60.1 Å². The molecule has 0 aliphatic rings. The second-order valence-electron chi connectivity index (χ2n) is 11.6. The van der Waals surface area contributed by atoms with Crippen molar-refractivity contribution in [2.75, 3.05) is 6.54 Å². The van der Waals surface area contributed by atoms with Crippen LogP contribution in [0.25, 0.3) is 0 Å². The van der Waals surface area contributed by atoms with E-state index in [1.54, 1.807) is 6.07 Å². The molecule has 0 aliphatic carbocycles. The molecule has 4 rings (SSSR count). The normalized spacial score (nSPS) is 11.9. The SMILES string of the molecule is CC(C)N(Cc1ccc(C(C)(C)C)cc1)Cc1ccc(C(=O)NCCC(c2ccccc2)c2ccccc2)o1. The predicted molar refractivity (Wildman–Crippen MR) is 160 cm³/mol. The molecular formula is C35H42N2O2. The fourth-order valence-corrected chi connectivity index (χ4v) is 4.86. The number of hydrogen-bond acceptors (Lipinski definition) is 3. The smallest absolute Gasteiger partial charge is 0.286 e. The average molecular weight is 523 g/mol. The lowest BCUT2D eigenvalue weighted by atomic mass is 9.87. The second kappa shape index (κ2) is 12.9. The Labute approximate surface area is 234 Å². The van der Waals surface area contributed by atoms with Crippen molar-refractivity contribution in [3.05, 3.63) is 131 Å². The monoisotopic (exact) mass is 522 g/mol. The van der Waals surface area contributed by atoms with Gasteiger partial charge in [0, 0.05) is 25.0 Å². The quantitative estimate of drug-likeness (QED) is 0.217. The van der Waals surface area contributed by atoms with Gasteiger partial charge < -0.3 is 9.73 Å². The van der Waals surface area contributed by atoms with E-state index in [2.05, 4.69) is 118 Å². The van der Waals surface area contributed by atoms with Gasteiger partial charge in [-0.15, -0.1) is 0 Å². The minimum Gasteiger partial charge on any atom is -0.455 e. The highest BCUT2D eigenvalue weighted by Gasteiger charge is 2.19. The fraction of sp³-hybridized carbons (Fsp3) is 0.343. The van der Waals surface area contributed by atoms with E-state index in [4.69, 9.17) is 4.42 Å². The third kappa shape index (κ3) is 7.93. The third-order valence-electron chi connectivity index (χ3n) is 7.30. The van der Waals surface area contributed by atoms with Crippen LogP contribution in [0.3, 0.4) is 0 Å². The molecular weight excluding hydrogens is 480 g/mol. The number of nitrogens with zero attached hydrogens (tertiary/aromatic N) is 1. The Kier molecular flexibility index (Phi) is 9.42. The number of hydrogen-bond donors (Lipinski definition) is 1. The molecule has 1 heterocycles. The number of rotatable bonds is 11. The highest BCUT2D eigenvalue weighted by Crippen LogP contribution is 2.27. The molecule has 0 unspecified atom stereocenters. The van der Waals surface area contributed by atoms with Gasteiger partial charge in [0.15, 0.2) is 5.76 Å². The molecule has 0 radical (unpaired) electrons. The zero-order chi connectivity index (χ0) is 27.8. The molecule has 4 nitrogen and oxygen atoms in total. The molecule has 0 spiro atoms. The molecule has 0 aliphatic heterocycles. The van der Waals surface area contributed by atoms with Crippen LogP contribution in [0, 0.1) is 0 Å². The predicted octanol–water partition coefficient (Wildman–Crippen LogP) is 7.94. The second-order valence-corrected chi connectivity index (χ2v) is 11.6. The zero-order valence-corrected chi connectivity index (χ0v) is 24.0. The van der Waals surface area contributed by atoms with Crippen molar-refractivity contribution >= 4 is 5.91 Å².